The Morgan fingerprint density at radius 3 is 2.38 bits per heavy atom. The smallest absolute Gasteiger partial charge is 0.467 e. The number of nitrogens with one attached hydrogen (secondary N) is 1. The highest BCUT2D eigenvalue weighted by Gasteiger charge is 2.40. The highest BCUT2D eigenvalue weighted by molar-refractivity contribution is 8.14. The molecule has 0 unspecified atom stereocenters. The number of hydrogen-bond donors (Lipinski definition) is 1. The van der Waals surface area contributed by atoms with Crippen molar-refractivity contribution in [1.82, 2.24) is 5.32 Å². The summed E-state index contributed by atoms with van der Waals surface area (Å²) >= 11 is 0.696. The van der Waals surface area contributed by atoms with E-state index in [4.69, 9.17) is 13.9 Å². The summed E-state index contributed by atoms with van der Waals surface area (Å²) in [5, 5.41) is 1.86. The van der Waals surface area contributed by atoms with Crippen molar-refractivity contribution in [3.05, 3.63) is 58.0 Å². The molecule has 29 heavy (non-hydrogen) atoms. The number of rotatable bonds is 7. The fourth-order valence-electron chi connectivity index (χ4n) is 2.37. The third-order valence-electron chi connectivity index (χ3n) is 3.95. The number of esters is 1. The fraction of sp³-hybridized carbons (Fsp3) is 0.368. The van der Waals surface area contributed by atoms with E-state index in [1.807, 2.05) is 0 Å². The summed E-state index contributed by atoms with van der Waals surface area (Å²) in [5.41, 5.74) is 0.357. The van der Waals surface area contributed by atoms with Crippen molar-refractivity contribution in [2.45, 2.75) is 38.2 Å². The van der Waals surface area contributed by atoms with E-state index in [-0.39, 0.29) is 18.1 Å². The summed E-state index contributed by atoms with van der Waals surface area (Å²) < 4.78 is 18.2. The molecule has 1 atom stereocenters. The SMILES string of the molecule is COC(=O)[C@H](NC(=O)c1ccccc1)C(C)(C)SC(=O)OCc1oc(=O)oc1C. The van der Waals surface area contributed by atoms with Gasteiger partial charge in [-0.2, -0.15) is 0 Å². The van der Waals surface area contributed by atoms with E-state index in [9.17, 15) is 19.2 Å². The Morgan fingerprint density at radius 2 is 1.83 bits per heavy atom. The lowest BCUT2D eigenvalue weighted by molar-refractivity contribution is -0.143. The first-order chi connectivity index (χ1) is 13.6. The van der Waals surface area contributed by atoms with Crippen LogP contribution in [0, 0.1) is 6.92 Å². The number of amides is 1. The van der Waals surface area contributed by atoms with Crippen molar-refractivity contribution in [3.8, 4) is 0 Å². The molecule has 0 saturated heterocycles. The quantitative estimate of drug-likeness (QED) is 0.669. The van der Waals surface area contributed by atoms with E-state index in [0.29, 0.717) is 17.3 Å². The molecule has 1 N–H and O–H groups in total. The van der Waals surface area contributed by atoms with E-state index < -0.39 is 33.8 Å². The van der Waals surface area contributed by atoms with Crippen LogP contribution < -0.4 is 11.1 Å². The maximum Gasteiger partial charge on any atom is 0.519 e. The van der Waals surface area contributed by atoms with Gasteiger partial charge in [0.15, 0.2) is 18.1 Å². The van der Waals surface area contributed by atoms with Crippen molar-refractivity contribution in [1.29, 1.82) is 0 Å². The lowest BCUT2D eigenvalue weighted by Crippen LogP contribution is -2.53. The molecule has 0 aliphatic carbocycles. The minimum atomic E-state index is -1.13. The number of hydrogen-bond acceptors (Lipinski definition) is 9. The Labute approximate surface area is 170 Å². The number of benzene rings is 1. The molecule has 10 heteroatoms. The molecule has 9 nitrogen and oxygen atoms in total. The first-order valence-corrected chi connectivity index (χ1v) is 9.34. The molecular weight excluding hydrogens is 402 g/mol. The minimum Gasteiger partial charge on any atom is -0.467 e. The molecular formula is C19H21NO8S. The molecule has 0 spiro atoms. The average Bonchev–Trinajstić information content (AvgIpc) is 3.01. The van der Waals surface area contributed by atoms with Crippen molar-refractivity contribution in [2.24, 2.45) is 0 Å². The Morgan fingerprint density at radius 1 is 1.17 bits per heavy atom. The number of carbonyl (C=O) groups excluding carboxylic acids is 3. The zero-order chi connectivity index (χ0) is 21.6. The topological polar surface area (TPSA) is 125 Å². The average molecular weight is 423 g/mol. The highest BCUT2D eigenvalue weighted by atomic mass is 32.2. The van der Waals surface area contributed by atoms with Crippen LogP contribution in [0.3, 0.4) is 0 Å². The molecule has 0 saturated carbocycles. The van der Waals surface area contributed by atoms with E-state index in [1.165, 1.54) is 14.0 Å². The normalized spacial score (nSPS) is 12.1. The minimum absolute atomic E-state index is 0.0867. The molecule has 0 fully saturated rings. The van der Waals surface area contributed by atoms with Gasteiger partial charge in [-0.25, -0.2) is 14.4 Å². The molecule has 2 aromatic rings. The standard InChI is InChI=1S/C19H21NO8S/c1-11-13(28-17(23)27-11)10-26-18(24)29-19(2,3)14(16(22)25-4)20-15(21)12-8-6-5-7-9-12/h5-9,14H,10H2,1-4H3,(H,20,21)/t14-/m0/s1. The van der Waals surface area contributed by atoms with Gasteiger partial charge in [-0.3, -0.25) is 4.79 Å². The van der Waals surface area contributed by atoms with Gasteiger partial charge >= 0.3 is 17.1 Å². The summed E-state index contributed by atoms with van der Waals surface area (Å²) in [4.78, 5) is 48.0. The van der Waals surface area contributed by atoms with Crippen molar-refractivity contribution in [3.63, 3.8) is 0 Å². The maximum absolute atomic E-state index is 12.5. The number of carbonyl (C=O) groups is 3. The van der Waals surface area contributed by atoms with E-state index in [2.05, 4.69) is 9.73 Å². The Bertz CT molecular complexity index is 931. The van der Waals surface area contributed by atoms with Crippen LogP contribution in [-0.4, -0.2) is 35.1 Å². The van der Waals surface area contributed by atoms with Crippen LogP contribution in [0.4, 0.5) is 4.79 Å². The number of aryl methyl sites for hydroxylation is 1. The molecule has 0 bridgehead atoms. The van der Waals surface area contributed by atoms with E-state index >= 15 is 0 Å². The van der Waals surface area contributed by atoms with Crippen LogP contribution in [0.5, 0.6) is 0 Å². The predicted molar refractivity (Wildman–Crippen MR) is 104 cm³/mol. The van der Waals surface area contributed by atoms with Crippen LogP contribution in [0.25, 0.3) is 0 Å². The van der Waals surface area contributed by atoms with E-state index in [0.717, 1.165) is 0 Å². The fourth-order valence-corrected chi connectivity index (χ4v) is 3.19. The Balaban J connectivity index is 2.07. The first kappa shape index (κ1) is 22.3. The number of thioether (sulfide) groups is 1. The first-order valence-electron chi connectivity index (χ1n) is 8.53. The van der Waals surface area contributed by atoms with Crippen molar-refractivity contribution in [2.75, 3.05) is 7.11 Å². The van der Waals surface area contributed by atoms with Crippen LogP contribution in [0.15, 0.2) is 44.0 Å². The van der Waals surface area contributed by atoms with Gasteiger partial charge in [0.25, 0.3) is 5.91 Å². The molecule has 156 valence electrons. The molecule has 0 aliphatic rings. The van der Waals surface area contributed by atoms with E-state index in [1.54, 1.807) is 44.2 Å². The van der Waals surface area contributed by atoms with Gasteiger partial charge in [-0.15, -0.1) is 0 Å². The summed E-state index contributed by atoms with van der Waals surface area (Å²) in [6, 6.07) is 7.20. The van der Waals surface area contributed by atoms with Gasteiger partial charge in [0.05, 0.1) is 11.9 Å². The molecule has 0 aliphatic heterocycles. The highest BCUT2D eigenvalue weighted by Crippen LogP contribution is 2.31. The van der Waals surface area contributed by atoms with Crippen molar-refractivity contribution < 1.29 is 32.7 Å². The van der Waals surface area contributed by atoms with Crippen LogP contribution >= 0.6 is 11.8 Å². The molecule has 1 amide bonds. The molecule has 2 rings (SSSR count). The third kappa shape index (κ3) is 5.98. The Kier molecular flexibility index (Phi) is 7.27. The van der Waals surface area contributed by atoms with Gasteiger partial charge < -0.3 is 23.6 Å². The van der Waals surface area contributed by atoms with Gasteiger partial charge in [-0.05, 0) is 44.7 Å². The maximum atomic E-state index is 12.5. The predicted octanol–water partition coefficient (Wildman–Crippen LogP) is 2.66. The zero-order valence-corrected chi connectivity index (χ0v) is 17.2. The summed E-state index contributed by atoms with van der Waals surface area (Å²) in [6.45, 7) is 4.38. The van der Waals surface area contributed by atoms with Crippen LogP contribution in [0.2, 0.25) is 0 Å². The van der Waals surface area contributed by atoms with Crippen LogP contribution in [0.1, 0.15) is 35.7 Å². The summed E-state index contributed by atoms with van der Waals surface area (Å²) in [7, 11) is 1.19. The van der Waals surface area contributed by atoms with Crippen molar-refractivity contribution >= 4 is 28.9 Å². The zero-order valence-electron chi connectivity index (χ0n) is 16.3. The Hall–Kier alpha value is -3.01. The second-order valence-corrected chi connectivity index (χ2v) is 8.06. The molecule has 0 radical (unpaired) electrons. The number of methoxy groups -OCH3 is 1. The lowest BCUT2D eigenvalue weighted by Gasteiger charge is -2.31. The van der Waals surface area contributed by atoms with Gasteiger partial charge in [0.2, 0.25) is 0 Å². The third-order valence-corrected chi connectivity index (χ3v) is 4.99. The van der Waals surface area contributed by atoms with Gasteiger partial charge in [0.1, 0.15) is 6.04 Å². The van der Waals surface area contributed by atoms with Gasteiger partial charge in [0, 0.05) is 5.56 Å². The lowest BCUT2D eigenvalue weighted by atomic mass is 10.0. The monoisotopic (exact) mass is 423 g/mol. The molecule has 1 aromatic carbocycles. The second kappa shape index (κ2) is 9.46. The van der Waals surface area contributed by atoms with Crippen LogP contribution in [-0.2, 0) is 20.9 Å². The van der Waals surface area contributed by atoms with Gasteiger partial charge in [-0.1, -0.05) is 18.2 Å². The molecule has 1 aromatic heterocycles. The summed E-state index contributed by atoms with van der Waals surface area (Å²) in [6.07, 6.45) is 0. The largest absolute Gasteiger partial charge is 0.519 e. The second-order valence-electron chi connectivity index (χ2n) is 6.47. The number of ether oxygens (including phenoxy) is 2. The summed E-state index contributed by atoms with van der Waals surface area (Å²) in [5.74, 6) is -1.80. The molecule has 1 heterocycles.